The molecule has 1 N–H and O–H groups in total. The molecule has 108 valence electrons. The van der Waals surface area contributed by atoms with Gasteiger partial charge >= 0.3 is 0 Å². The van der Waals surface area contributed by atoms with Gasteiger partial charge in [0.15, 0.2) is 0 Å². The monoisotopic (exact) mass is 333 g/mol. The highest BCUT2D eigenvalue weighted by molar-refractivity contribution is 9.10. The third-order valence-electron chi connectivity index (χ3n) is 3.83. The molecule has 0 aliphatic carbocycles. The Morgan fingerprint density at radius 2 is 1.79 bits per heavy atom. The van der Waals surface area contributed by atoms with Gasteiger partial charge in [0.05, 0.1) is 4.47 Å². The van der Waals surface area contributed by atoms with Crippen molar-refractivity contribution in [2.24, 2.45) is 11.3 Å². The smallest absolute Gasteiger partial charge is 0.137 e. The molecule has 0 aliphatic heterocycles. The van der Waals surface area contributed by atoms with Gasteiger partial charge < -0.3 is 5.32 Å². The molecule has 0 radical (unpaired) electrons. The van der Waals surface area contributed by atoms with Crippen molar-refractivity contribution in [1.29, 1.82) is 0 Å². The number of halogens is 3. The molecular weight excluding hydrogens is 312 g/mol. The van der Waals surface area contributed by atoms with Crippen LogP contribution < -0.4 is 5.32 Å². The molecule has 0 aromatic heterocycles. The van der Waals surface area contributed by atoms with Crippen LogP contribution >= 0.6 is 15.9 Å². The lowest BCUT2D eigenvalue weighted by molar-refractivity contribution is 0.224. The highest BCUT2D eigenvalue weighted by Crippen LogP contribution is 2.34. The fourth-order valence-electron chi connectivity index (χ4n) is 1.91. The molecule has 19 heavy (non-hydrogen) atoms. The van der Waals surface area contributed by atoms with Crippen LogP contribution in [0.2, 0.25) is 0 Å². The van der Waals surface area contributed by atoms with Crippen LogP contribution in [0.3, 0.4) is 0 Å². The van der Waals surface area contributed by atoms with Gasteiger partial charge in [-0.15, -0.1) is 0 Å². The summed E-state index contributed by atoms with van der Waals surface area (Å²) in [6, 6.07) is 2.28. The molecule has 1 aromatic carbocycles. The van der Waals surface area contributed by atoms with Gasteiger partial charge in [0, 0.05) is 11.6 Å². The molecule has 1 rings (SSSR count). The molecule has 4 heteroatoms. The second kappa shape index (κ2) is 6.31. The van der Waals surface area contributed by atoms with E-state index in [-0.39, 0.29) is 21.7 Å². The lowest BCUT2D eigenvalue weighted by Gasteiger charge is -2.31. The van der Waals surface area contributed by atoms with Crippen molar-refractivity contribution in [3.8, 4) is 0 Å². The average Bonchev–Trinajstić information content (AvgIpc) is 2.29. The van der Waals surface area contributed by atoms with Crippen LogP contribution in [0.5, 0.6) is 0 Å². The van der Waals surface area contributed by atoms with Crippen LogP contribution in [0.1, 0.15) is 45.7 Å². The minimum absolute atomic E-state index is 0.138. The largest absolute Gasteiger partial charge is 0.313 e. The minimum Gasteiger partial charge on any atom is -0.313 e. The van der Waals surface area contributed by atoms with E-state index in [9.17, 15) is 8.78 Å². The zero-order chi connectivity index (χ0) is 14.8. The third kappa shape index (κ3) is 4.25. The van der Waals surface area contributed by atoms with E-state index in [1.54, 1.807) is 7.05 Å². The van der Waals surface area contributed by atoms with Crippen LogP contribution in [0, 0.1) is 23.0 Å². The Balaban J connectivity index is 3.01. The lowest BCUT2D eigenvalue weighted by Crippen LogP contribution is -2.26. The van der Waals surface area contributed by atoms with Crippen molar-refractivity contribution in [1.82, 2.24) is 5.32 Å². The molecule has 0 aliphatic rings. The molecule has 0 saturated heterocycles. The second-order valence-electron chi connectivity index (χ2n) is 6.13. The summed E-state index contributed by atoms with van der Waals surface area (Å²) in [4.78, 5) is 0. The molecular formula is C15H22BrF2N. The van der Waals surface area contributed by atoms with E-state index in [2.05, 4.69) is 48.9 Å². The highest BCUT2D eigenvalue weighted by Gasteiger charge is 2.25. The van der Waals surface area contributed by atoms with E-state index in [1.165, 1.54) is 12.1 Å². The Hall–Kier alpha value is -0.480. The van der Waals surface area contributed by atoms with Crippen LogP contribution in [0.25, 0.3) is 0 Å². The Bertz CT molecular complexity index is 441. The summed E-state index contributed by atoms with van der Waals surface area (Å²) in [6.45, 7) is 8.60. The van der Waals surface area contributed by atoms with Gasteiger partial charge in [0.1, 0.15) is 11.6 Å². The summed E-state index contributed by atoms with van der Waals surface area (Å²) in [7, 11) is 1.78. The van der Waals surface area contributed by atoms with Gasteiger partial charge in [-0.25, -0.2) is 8.78 Å². The van der Waals surface area contributed by atoms with Gasteiger partial charge in [-0.3, -0.25) is 0 Å². The van der Waals surface area contributed by atoms with E-state index in [0.29, 0.717) is 11.5 Å². The van der Waals surface area contributed by atoms with Crippen molar-refractivity contribution in [3.05, 3.63) is 33.8 Å². The molecule has 0 spiro atoms. The van der Waals surface area contributed by atoms with Gasteiger partial charge in [-0.2, -0.15) is 0 Å². The molecule has 0 bridgehead atoms. The quantitative estimate of drug-likeness (QED) is 0.759. The zero-order valence-corrected chi connectivity index (χ0v) is 13.7. The predicted octanol–water partition coefficient (Wildman–Crippen LogP) is 5.06. The first-order chi connectivity index (χ1) is 8.66. The van der Waals surface area contributed by atoms with Crippen molar-refractivity contribution >= 4 is 15.9 Å². The maximum Gasteiger partial charge on any atom is 0.137 e. The first-order valence-electron chi connectivity index (χ1n) is 6.48. The maximum absolute atomic E-state index is 14.0. The number of nitrogens with one attached hydrogen (secondary N) is 1. The zero-order valence-electron chi connectivity index (χ0n) is 12.2. The molecule has 2 atom stereocenters. The van der Waals surface area contributed by atoms with Gasteiger partial charge in [0.25, 0.3) is 0 Å². The van der Waals surface area contributed by atoms with Crippen molar-refractivity contribution in [2.75, 3.05) is 7.05 Å². The third-order valence-corrected chi connectivity index (χ3v) is 4.44. The average molecular weight is 334 g/mol. The summed E-state index contributed by atoms with van der Waals surface area (Å²) in [5.41, 5.74) is 0.527. The molecule has 0 fully saturated rings. The van der Waals surface area contributed by atoms with E-state index in [1.807, 2.05) is 0 Å². The summed E-state index contributed by atoms with van der Waals surface area (Å²) in [5, 5.41) is 3.09. The normalized spacial score (nSPS) is 15.4. The Kier molecular flexibility index (Phi) is 5.51. The number of benzene rings is 1. The van der Waals surface area contributed by atoms with E-state index in [4.69, 9.17) is 0 Å². The standard InChI is InChI=1S/C15H22BrF2N/c1-9(15(2,3)4)6-14(19-5)10-7-13(18)11(16)8-12(10)17/h7-9,14,19H,6H2,1-5H3. The number of hydrogen-bond donors (Lipinski definition) is 1. The first kappa shape index (κ1) is 16.6. The molecule has 2 unspecified atom stereocenters. The molecule has 1 aromatic rings. The molecule has 1 nitrogen and oxygen atoms in total. The topological polar surface area (TPSA) is 12.0 Å². The summed E-state index contributed by atoms with van der Waals surface area (Å²) in [6.07, 6.45) is 0.762. The van der Waals surface area contributed by atoms with E-state index < -0.39 is 5.82 Å². The van der Waals surface area contributed by atoms with Gasteiger partial charge in [0.2, 0.25) is 0 Å². The van der Waals surface area contributed by atoms with Crippen molar-refractivity contribution < 1.29 is 8.78 Å². The van der Waals surface area contributed by atoms with E-state index >= 15 is 0 Å². The fraction of sp³-hybridized carbons (Fsp3) is 0.600. The predicted molar refractivity (Wildman–Crippen MR) is 79.1 cm³/mol. The van der Waals surface area contributed by atoms with Crippen LogP contribution in [-0.2, 0) is 0 Å². The van der Waals surface area contributed by atoms with Crippen LogP contribution in [0.15, 0.2) is 16.6 Å². The number of hydrogen-bond acceptors (Lipinski definition) is 1. The molecule has 0 saturated carbocycles. The van der Waals surface area contributed by atoms with Crippen LogP contribution in [-0.4, -0.2) is 7.05 Å². The highest BCUT2D eigenvalue weighted by atomic mass is 79.9. The second-order valence-corrected chi connectivity index (χ2v) is 6.99. The SMILES string of the molecule is CNC(CC(C)C(C)(C)C)c1cc(F)c(Br)cc1F. The van der Waals surface area contributed by atoms with Crippen molar-refractivity contribution in [2.45, 2.75) is 40.2 Å². The van der Waals surface area contributed by atoms with Gasteiger partial charge in [-0.1, -0.05) is 27.7 Å². The van der Waals surface area contributed by atoms with Crippen molar-refractivity contribution in [3.63, 3.8) is 0 Å². The summed E-state index contributed by atoms with van der Waals surface area (Å²) < 4.78 is 27.7. The Morgan fingerprint density at radius 3 is 2.26 bits per heavy atom. The molecule has 0 amide bonds. The summed E-state index contributed by atoms with van der Waals surface area (Å²) >= 11 is 3.00. The minimum atomic E-state index is -0.430. The first-order valence-corrected chi connectivity index (χ1v) is 7.27. The number of rotatable bonds is 4. The molecule has 0 heterocycles. The maximum atomic E-state index is 14.0. The van der Waals surface area contributed by atoms with Crippen LogP contribution in [0.4, 0.5) is 8.78 Å². The Morgan fingerprint density at radius 1 is 1.21 bits per heavy atom. The van der Waals surface area contributed by atoms with Gasteiger partial charge in [-0.05, 0) is 52.9 Å². The lowest BCUT2D eigenvalue weighted by atomic mass is 9.77. The summed E-state index contributed by atoms with van der Waals surface area (Å²) in [5.74, 6) is -0.426. The van der Waals surface area contributed by atoms with E-state index in [0.717, 1.165) is 6.42 Å². The Labute approximate surface area is 122 Å². The fourth-order valence-corrected chi connectivity index (χ4v) is 2.23.